The van der Waals surface area contributed by atoms with Gasteiger partial charge in [0.25, 0.3) is 0 Å². The SMILES string of the molecule is CNCC1CCCCN1C(=O)C(C)(C)S(C)(=O)=O. The number of carbonyl (C=O) groups excluding carboxylic acids is 1. The van der Waals surface area contributed by atoms with Crippen LogP contribution in [-0.2, 0) is 14.6 Å². The van der Waals surface area contributed by atoms with Crippen LogP contribution in [0.2, 0.25) is 0 Å². The first-order valence-corrected chi connectivity index (χ1v) is 8.26. The number of carbonyl (C=O) groups is 1. The molecule has 0 spiro atoms. The first-order chi connectivity index (χ1) is 8.21. The summed E-state index contributed by atoms with van der Waals surface area (Å²) < 4.78 is 22.1. The maximum absolute atomic E-state index is 12.5. The molecule has 1 atom stereocenters. The lowest BCUT2D eigenvalue weighted by Gasteiger charge is -2.39. The molecule has 0 saturated carbocycles. The molecule has 0 aliphatic carbocycles. The van der Waals surface area contributed by atoms with Crippen molar-refractivity contribution in [1.82, 2.24) is 10.2 Å². The minimum absolute atomic E-state index is 0.109. The van der Waals surface area contributed by atoms with Crippen molar-refractivity contribution in [3.63, 3.8) is 0 Å². The number of nitrogens with zero attached hydrogens (tertiary/aromatic N) is 1. The molecule has 1 aliphatic rings. The number of amides is 1. The van der Waals surface area contributed by atoms with Gasteiger partial charge in [-0.2, -0.15) is 0 Å². The molecule has 1 fully saturated rings. The maximum atomic E-state index is 12.5. The smallest absolute Gasteiger partial charge is 0.243 e. The Labute approximate surface area is 110 Å². The third-order valence-electron chi connectivity index (χ3n) is 3.77. The van der Waals surface area contributed by atoms with E-state index < -0.39 is 14.6 Å². The number of piperidine rings is 1. The summed E-state index contributed by atoms with van der Waals surface area (Å²) in [6.45, 7) is 4.36. The standard InChI is InChI=1S/C12H24N2O3S/c1-12(2,18(4,16)17)11(15)14-8-6-5-7-10(14)9-13-3/h10,13H,5-9H2,1-4H3. The fraction of sp³-hybridized carbons (Fsp3) is 0.917. The van der Waals surface area contributed by atoms with Crippen LogP contribution in [0.15, 0.2) is 0 Å². The Morgan fingerprint density at radius 3 is 2.50 bits per heavy atom. The summed E-state index contributed by atoms with van der Waals surface area (Å²) >= 11 is 0. The Kier molecular flexibility index (Phi) is 4.78. The predicted molar refractivity (Wildman–Crippen MR) is 72.2 cm³/mol. The Morgan fingerprint density at radius 1 is 1.39 bits per heavy atom. The molecule has 1 saturated heterocycles. The molecular weight excluding hydrogens is 252 g/mol. The molecule has 1 N–H and O–H groups in total. The van der Waals surface area contributed by atoms with Crippen molar-refractivity contribution >= 4 is 15.7 Å². The van der Waals surface area contributed by atoms with Crippen LogP contribution in [0.1, 0.15) is 33.1 Å². The van der Waals surface area contributed by atoms with E-state index in [1.54, 1.807) is 4.90 Å². The number of hydrogen-bond donors (Lipinski definition) is 1. The minimum Gasteiger partial charge on any atom is -0.337 e. The van der Waals surface area contributed by atoms with Crippen molar-refractivity contribution in [1.29, 1.82) is 0 Å². The van der Waals surface area contributed by atoms with E-state index in [9.17, 15) is 13.2 Å². The van der Waals surface area contributed by atoms with Gasteiger partial charge >= 0.3 is 0 Å². The van der Waals surface area contributed by atoms with Crippen LogP contribution >= 0.6 is 0 Å². The van der Waals surface area contributed by atoms with Crippen molar-refractivity contribution in [2.75, 3.05) is 26.4 Å². The van der Waals surface area contributed by atoms with Gasteiger partial charge in [0.15, 0.2) is 9.84 Å². The van der Waals surface area contributed by atoms with Gasteiger partial charge in [0.1, 0.15) is 4.75 Å². The van der Waals surface area contributed by atoms with Crippen LogP contribution in [0, 0.1) is 0 Å². The van der Waals surface area contributed by atoms with Crippen LogP contribution in [0.4, 0.5) is 0 Å². The first-order valence-electron chi connectivity index (χ1n) is 6.37. The van der Waals surface area contributed by atoms with E-state index in [2.05, 4.69) is 5.32 Å². The van der Waals surface area contributed by atoms with Crippen molar-refractivity contribution in [3.8, 4) is 0 Å². The maximum Gasteiger partial charge on any atom is 0.243 e. The van der Waals surface area contributed by atoms with Crippen LogP contribution < -0.4 is 5.32 Å². The summed E-state index contributed by atoms with van der Waals surface area (Å²) in [4.78, 5) is 14.2. The molecule has 1 amide bonds. The fourth-order valence-electron chi connectivity index (χ4n) is 2.22. The largest absolute Gasteiger partial charge is 0.337 e. The van der Waals surface area contributed by atoms with Gasteiger partial charge in [-0.15, -0.1) is 0 Å². The summed E-state index contributed by atoms with van der Waals surface area (Å²) in [5.41, 5.74) is 0. The third kappa shape index (κ3) is 3.03. The van der Waals surface area contributed by atoms with Gasteiger partial charge in [-0.25, -0.2) is 8.42 Å². The molecule has 106 valence electrons. The van der Waals surface area contributed by atoms with Gasteiger partial charge < -0.3 is 10.2 Å². The molecule has 5 nitrogen and oxygen atoms in total. The minimum atomic E-state index is -3.40. The second-order valence-electron chi connectivity index (χ2n) is 5.49. The predicted octanol–water partition coefficient (Wildman–Crippen LogP) is 0.410. The Hall–Kier alpha value is -0.620. The molecule has 0 aromatic carbocycles. The lowest BCUT2D eigenvalue weighted by atomic mass is 10.00. The van der Waals surface area contributed by atoms with Crippen molar-refractivity contribution in [3.05, 3.63) is 0 Å². The molecule has 6 heteroatoms. The second kappa shape index (κ2) is 5.57. The molecule has 1 rings (SSSR count). The number of rotatable bonds is 4. The molecule has 0 bridgehead atoms. The van der Waals surface area contributed by atoms with Gasteiger partial charge in [0.05, 0.1) is 0 Å². The molecule has 1 aliphatic heterocycles. The van der Waals surface area contributed by atoms with Crippen molar-refractivity contribution < 1.29 is 13.2 Å². The van der Waals surface area contributed by atoms with Gasteiger partial charge in [0, 0.05) is 25.4 Å². The van der Waals surface area contributed by atoms with E-state index in [-0.39, 0.29) is 11.9 Å². The van der Waals surface area contributed by atoms with Crippen LogP contribution in [-0.4, -0.2) is 56.4 Å². The average Bonchev–Trinajstić information content (AvgIpc) is 2.28. The number of sulfone groups is 1. The number of likely N-dealkylation sites (tertiary alicyclic amines) is 1. The summed E-state index contributed by atoms with van der Waals surface area (Å²) in [7, 11) is -1.55. The topological polar surface area (TPSA) is 66.5 Å². The van der Waals surface area contributed by atoms with E-state index in [4.69, 9.17) is 0 Å². The molecular formula is C12H24N2O3S. The number of hydrogen-bond acceptors (Lipinski definition) is 4. The van der Waals surface area contributed by atoms with Crippen molar-refractivity contribution in [2.45, 2.75) is 43.9 Å². The Balaban J connectivity index is 2.93. The average molecular weight is 276 g/mol. The zero-order valence-corrected chi connectivity index (χ0v) is 12.5. The summed E-state index contributed by atoms with van der Waals surface area (Å²) in [5.74, 6) is -0.273. The number of likely N-dealkylation sites (N-methyl/N-ethyl adjacent to an activating group) is 1. The van der Waals surface area contributed by atoms with Crippen LogP contribution in [0.5, 0.6) is 0 Å². The molecule has 0 aromatic rings. The summed E-state index contributed by atoms with van der Waals surface area (Å²) in [6.07, 6.45) is 4.11. The Morgan fingerprint density at radius 2 is 2.00 bits per heavy atom. The van der Waals surface area contributed by atoms with E-state index in [1.165, 1.54) is 13.8 Å². The van der Waals surface area contributed by atoms with E-state index in [0.29, 0.717) is 13.1 Å². The van der Waals surface area contributed by atoms with E-state index in [1.807, 2.05) is 7.05 Å². The first kappa shape index (κ1) is 15.4. The monoisotopic (exact) mass is 276 g/mol. The van der Waals surface area contributed by atoms with Gasteiger partial charge in [-0.1, -0.05) is 0 Å². The zero-order chi connectivity index (χ0) is 14.0. The van der Waals surface area contributed by atoms with Gasteiger partial charge in [-0.3, -0.25) is 4.79 Å². The number of nitrogens with one attached hydrogen (secondary N) is 1. The van der Waals surface area contributed by atoms with Crippen LogP contribution in [0.25, 0.3) is 0 Å². The highest BCUT2D eigenvalue weighted by Gasteiger charge is 2.43. The van der Waals surface area contributed by atoms with Crippen LogP contribution in [0.3, 0.4) is 0 Å². The quantitative estimate of drug-likeness (QED) is 0.807. The summed E-state index contributed by atoms with van der Waals surface area (Å²) in [6, 6.07) is 0.109. The lowest BCUT2D eigenvalue weighted by Crippen LogP contribution is -2.56. The summed E-state index contributed by atoms with van der Waals surface area (Å²) in [5, 5.41) is 3.07. The fourth-order valence-corrected chi connectivity index (χ4v) is 2.65. The molecule has 1 heterocycles. The highest BCUT2D eigenvalue weighted by atomic mass is 32.2. The van der Waals surface area contributed by atoms with Gasteiger partial charge in [0.2, 0.25) is 5.91 Å². The lowest BCUT2D eigenvalue weighted by molar-refractivity contribution is -0.136. The second-order valence-corrected chi connectivity index (χ2v) is 8.05. The normalized spacial score (nSPS) is 22.0. The van der Waals surface area contributed by atoms with E-state index >= 15 is 0 Å². The molecule has 0 radical (unpaired) electrons. The zero-order valence-electron chi connectivity index (χ0n) is 11.7. The van der Waals surface area contributed by atoms with Gasteiger partial charge in [-0.05, 0) is 40.2 Å². The highest BCUT2D eigenvalue weighted by molar-refractivity contribution is 7.92. The Bertz CT molecular complexity index is 402. The third-order valence-corrected chi connectivity index (χ3v) is 5.80. The highest BCUT2D eigenvalue weighted by Crippen LogP contribution is 2.24. The van der Waals surface area contributed by atoms with E-state index in [0.717, 1.165) is 25.5 Å². The molecule has 0 aromatic heterocycles. The molecule has 18 heavy (non-hydrogen) atoms. The van der Waals surface area contributed by atoms with Crippen molar-refractivity contribution in [2.24, 2.45) is 0 Å². The molecule has 1 unspecified atom stereocenters.